The van der Waals surface area contributed by atoms with Crippen LogP contribution in [-0.4, -0.2) is 0 Å². The first-order valence-electron chi connectivity index (χ1n) is 17.4. The number of anilines is 3. The molecule has 2 aliphatic rings. The number of hydrogen-bond donors (Lipinski definition) is 0. The molecule has 0 bridgehead atoms. The normalized spacial score (nSPS) is 14.9. The van der Waals surface area contributed by atoms with Gasteiger partial charge in [-0.1, -0.05) is 170 Å². The van der Waals surface area contributed by atoms with Crippen molar-refractivity contribution in [3.8, 4) is 44.5 Å². The lowest BCUT2D eigenvalue weighted by Gasteiger charge is -2.32. The zero-order valence-electron chi connectivity index (χ0n) is 27.5. The molecule has 50 heavy (non-hydrogen) atoms. The van der Waals surface area contributed by atoms with Crippen LogP contribution in [0, 0.1) is 0 Å². The Morgan fingerprint density at radius 1 is 0.320 bits per heavy atom. The first-order chi connectivity index (χ1) is 24.8. The van der Waals surface area contributed by atoms with Crippen LogP contribution in [0.4, 0.5) is 17.1 Å². The first kappa shape index (κ1) is 28.6. The first-order valence-corrected chi connectivity index (χ1v) is 17.4. The van der Waals surface area contributed by atoms with Crippen molar-refractivity contribution < 1.29 is 0 Å². The molecule has 8 aromatic rings. The van der Waals surface area contributed by atoms with E-state index in [4.69, 9.17) is 0 Å². The number of nitrogens with zero attached hydrogens (tertiary/aromatic N) is 1. The highest BCUT2D eigenvalue weighted by molar-refractivity contribution is 6.04. The Kier molecular flexibility index (Phi) is 6.47. The summed E-state index contributed by atoms with van der Waals surface area (Å²) >= 11 is 0. The van der Waals surface area contributed by atoms with E-state index in [1.54, 1.807) is 0 Å². The molecular weight excluding hydrogens is 603 g/mol. The Balaban J connectivity index is 1.22. The summed E-state index contributed by atoms with van der Waals surface area (Å²) in [5, 5.41) is 0. The van der Waals surface area contributed by atoms with Crippen molar-refractivity contribution in [3.63, 3.8) is 0 Å². The van der Waals surface area contributed by atoms with E-state index < -0.39 is 5.41 Å². The van der Waals surface area contributed by atoms with E-state index >= 15 is 0 Å². The minimum Gasteiger partial charge on any atom is -0.310 e. The predicted molar refractivity (Wildman–Crippen MR) is 208 cm³/mol. The number of fused-ring (bicyclic) bond motifs is 6. The lowest BCUT2D eigenvalue weighted by atomic mass is 9.70. The van der Waals surface area contributed by atoms with Crippen LogP contribution in [0.5, 0.6) is 0 Å². The number of hydrogen-bond acceptors (Lipinski definition) is 1. The lowest BCUT2D eigenvalue weighted by molar-refractivity contribution is 0.792. The standard InChI is InChI=1S/C49H33N/c1-4-14-34(15-5-1)36-26-30-39(31-27-36)50(40-32-28-37(29-33-40)35-16-6-2-7-17-35)46-25-13-24-45-47(46)43-22-12-21-42-41-20-10-11-23-44(41)49(45,48(42)43)38-18-8-3-9-19-38/h1-33H. The fourth-order valence-corrected chi connectivity index (χ4v) is 8.61. The summed E-state index contributed by atoms with van der Waals surface area (Å²) in [5.74, 6) is 0. The second-order valence-electron chi connectivity index (χ2n) is 13.3. The van der Waals surface area contributed by atoms with Crippen molar-refractivity contribution in [1.29, 1.82) is 0 Å². The topological polar surface area (TPSA) is 3.24 Å². The van der Waals surface area contributed by atoms with Gasteiger partial charge in [-0.2, -0.15) is 0 Å². The van der Waals surface area contributed by atoms with Gasteiger partial charge in [0.05, 0.1) is 11.1 Å². The molecule has 0 heterocycles. The highest BCUT2D eigenvalue weighted by atomic mass is 15.1. The van der Waals surface area contributed by atoms with Crippen LogP contribution < -0.4 is 4.90 Å². The van der Waals surface area contributed by atoms with Gasteiger partial charge in [0.1, 0.15) is 0 Å². The highest BCUT2D eigenvalue weighted by Gasteiger charge is 2.53. The average Bonchev–Trinajstić information content (AvgIpc) is 3.68. The molecule has 0 spiro atoms. The van der Waals surface area contributed by atoms with Crippen molar-refractivity contribution in [2.45, 2.75) is 5.41 Å². The minimum absolute atomic E-state index is 0.394. The van der Waals surface area contributed by atoms with Gasteiger partial charge in [-0.05, 0) is 91.5 Å². The SMILES string of the molecule is c1ccc(-c2ccc(N(c3ccc(-c4ccccc4)cc3)c3cccc4c3-c3cccc5c3C4(c3ccccc3)c3ccccc3-5)cc2)cc1. The van der Waals surface area contributed by atoms with E-state index in [1.165, 1.54) is 72.4 Å². The number of rotatable bonds is 6. The molecule has 0 amide bonds. The second-order valence-corrected chi connectivity index (χ2v) is 13.3. The van der Waals surface area contributed by atoms with Gasteiger partial charge in [-0.25, -0.2) is 0 Å². The van der Waals surface area contributed by atoms with Gasteiger partial charge < -0.3 is 4.90 Å². The van der Waals surface area contributed by atoms with Crippen LogP contribution in [0.3, 0.4) is 0 Å². The summed E-state index contributed by atoms with van der Waals surface area (Å²) in [7, 11) is 0. The molecule has 0 saturated heterocycles. The molecule has 1 atom stereocenters. The van der Waals surface area contributed by atoms with E-state index in [-0.39, 0.29) is 0 Å². The van der Waals surface area contributed by atoms with Crippen molar-refractivity contribution in [2.24, 2.45) is 0 Å². The molecule has 8 aromatic carbocycles. The van der Waals surface area contributed by atoms with Crippen LogP contribution >= 0.6 is 0 Å². The van der Waals surface area contributed by atoms with E-state index in [1.807, 2.05) is 0 Å². The smallest absolute Gasteiger partial charge is 0.0726 e. The van der Waals surface area contributed by atoms with Gasteiger partial charge in [-0.15, -0.1) is 0 Å². The zero-order chi connectivity index (χ0) is 33.1. The fourth-order valence-electron chi connectivity index (χ4n) is 8.61. The van der Waals surface area contributed by atoms with Crippen LogP contribution in [0.15, 0.2) is 200 Å². The van der Waals surface area contributed by atoms with Crippen LogP contribution in [-0.2, 0) is 5.41 Å². The third-order valence-corrected chi connectivity index (χ3v) is 10.7. The summed E-state index contributed by atoms with van der Waals surface area (Å²) in [6.07, 6.45) is 0. The Morgan fingerprint density at radius 2 is 0.780 bits per heavy atom. The van der Waals surface area contributed by atoms with Crippen molar-refractivity contribution in [3.05, 3.63) is 222 Å². The summed E-state index contributed by atoms with van der Waals surface area (Å²) in [5.41, 5.74) is 18.5. The molecule has 1 unspecified atom stereocenters. The van der Waals surface area contributed by atoms with E-state index in [0.29, 0.717) is 0 Å². The average molecular weight is 636 g/mol. The van der Waals surface area contributed by atoms with Gasteiger partial charge in [0.25, 0.3) is 0 Å². The zero-order valence-corrected chi connectivity index (χ0v) is 27.5. The van der Waals surface area contributed by atoms with Crippen molar-refractivity contribution in [1.82, 2.24) is 0 Å². The maximum atomic E-state index is 2.45. The molecule has 10 rings (SSSR count). The molecule has 0 aromatic heterocycles. The molecule has 1 heteroatoms. The summed E-state index contributed by atoms with van der Waals surface area (Å²) < 4.78 is 0. The van der Waals surface area contributed by atoms with Crippen molar-refractivity contribution in [2.75, 3.05) is 4.90 Å². The fraction of sp³-hybridized carbons (Fsp3) is 0.0204. The Hall–Kier alpha value is -6.44. The lowest BCUT2D eigenvalue weighted by Crippen LogP contribution is -2.26. The van der Waals surface area contributed by atoms with Crippen LogP contribution in [0.25, 0.3) is 44.5 Å². The van der Waals surface area contributed by atoms with Gasteiger partial charge in [-0.3, -0.25) is 0 Å². The second kappa shape index (κ2) is 11.3. The van der Waals surface area contributed by atoms with E-state index in [0.717, 1.165) is 11.4 Å². The monoisotopic (exact) mass is 635 g/mol. The van der Waals surface area contributed by atoms with Gasteiger partial charge >= 0.3 is 0 Å². The van der Waals surface area contributed by atoms with Crippen LogP contribution in [0.2, 0.25) is 0 Å². The van der Waals surface area contributed by atoms with E-state index in [9.17, 15) is 0 Å². The minimum atomic E-state index is -0.394. The molecule has 1 nitrogen and oxygen atoms in total. The molecule has 0 N–H and O–H groups in total. The third-order valence-electron chi connectivity index (χ3n) is 10.7. The third kappa shape index (κ3) is 4.14. The Labute approximate surface area is 293 Å². The maximum Gasteiger partial charge on any atom is 0.0726 e. The molecule has 0 saturated carbocycles. The predicted octanol–water partition coefficient (Wildman–Crippen LogP) is 12.8. The van der Waals surface area contributed by atoms with Gasteiger partial charge in [0, 0.05) is 16.9 Å². The van der Waals surface area contributed by atoms with E-state index in [2.05, 4.69) is 205 Å². The van der Waals surface area contributed by atoms with Gasteiger partial charge in [0.2, 0.25) is 0 Å². The Bertz CT molecular complexity index is 2420. The molecule has 0 radical (unpaired) electrons. The summed E-state index contributed by atoms with van der Waals surface area (Å²) in [6.45, 7) is 0. The van der Waals surface area contributed by atoms with Crippen molar-refractivity contribution >= 4 is 17.1 Å². The molecule has 234 valence electrons. The largest absolute Gasteiger partial charge is 0.310 e. The maximum absolute atomic E-state index is 2.45. The number of benzene rings is 8. The highest BCUT2D eigenvalue weighted by Crippen LogP contribution is 2.66. The summed E-state index contributed by atoms with van der Waals surface area (Å²) in [4.78, 5) is 2.45. The summed E-state index contributed by atoms with van der Waals surface area (Å²) in [6, 6.07) is 73.3. The Morgan fingerprint density at radius 3 is 1.40 bits per heavy atom. The van der Waals surface area contributed by atoms with Gasteiger partial charge in [0.15, 0.2) is 0 Å². The molecule has 2 aliphatic carbocycles. The van der Waals surface area contributed by atoms with Crippen LogP contribution in [0.1, 0.15) is 22.3 Å². The molecule has 0 fully saturated rings. The quantitative estimate of drug-likeness (QED) is 0.176. The molecular formula is C49H33N. The molecule has 0 aliphatic heterocycles.